The number of amides is 1. The number of thioether (sulfide) groups is 1. The summed E-state index contributed by atoms with van der Waals surface area (Å²) in [5.41, 5.74) is -0.992. The number of alkyl halides is 1. The Kier molecular flexibility index (Phi) is 10.1. The van der Waals surface area contributed by atoms with Crippen molar-refractivity contribution in [3.63, 3.8) is 0 Å². The number of aliphatic hydroxyl groups is 2. The van der Waals surface area contributed by atoms with Crippen molar-refractivity contribution < 1.29 is 38.6 Å². The number of nitrogens with one attached hydrogen (secondary N) is 1. The molecule has 2 saturated heterocycles. The number of hydrogen-bond donors (Lipinski definition) is 5. The summed E-state index contributed by atoms with van der Waals surface area (Å²) in [6, 6.07) is -1.18. The van der Waals surface area contributed by atoms with E-state index in [-0.39, 0.29) is 11.9 Å². The Labute approximate surface area is 192 Å². The zero-order valence-electron chi connectivity index (χ0n) is 18.1. The van der Waals surface area contributed by atoms with Crippen LogP contribution in [0, 0.1) is 5.92 Å². The number of halogens is 1. The van der Waals surface area contributed by atoms with Crippen molar-refractivity contribution in [3.8, 4) is 0 Å². The van der Waals surface area contributed by atoms with Crippen LogP contribution in [0.4, 0.5) is 0 Å². The van der Waals surface area contributed by atoms with E-state index in [1.807, 2.05) is 11.9 Å². The standard InChI is InChI=1S/C18H34ClN2O8PS/c1-5-6-10-7-11(21(3)8-10)17(24)20-12(9(2)19)15-13(22)14(23)16(18(28-15)31-4)29-30(25,26)27/h9-16,18,22-23H,5-8H2,1-4H3,(H,20,24)(H2,25,26,27)/t9-,10?,11?,12+,13?,14-,15+,16?,18?/m0/s1. The van der Waals surface area contributed by atoms with Gasteiger partial charge >= 0.3 is 7.82 Å². The van der Waals surface area contributed by atoms with Crippen LogP contribution in [0.3, 0.4) is 0 Å². The molecule has 0 radical (unpaired) electrons. The first-order valence-corrected chi connectivity index (χ1v) is 13.6. The fraction of sp³-hybridized carbons (Fsp3) is 0.944. The van der Waals surface area contributed by atoms with Gasteiger partial charge in [-0.2, -0.15) is 0 Å². The lowest BCUT2D eigenvalue weighted by atomic mass is 9.92. The number of phosphoric ester groups is 1. The first-order chi connectivity index (χ1) is 14.4. The van der Waals surface area contributed by atoms with Crippen LogP contribution < -0.4 is 5.32 Å². The van der Waals surface area contributed by atoms with Crippen molar-refractivity contribution in [1.29, 1.82) is 0 Å². The molecule has 31 heavy (non-hydrogen) atoms. The maximum absolute atomic E-state index is 13.0. The minimum Gasteiger partial charge on any atom is -0.388 e. The van der Waals surface area contributed by atoms with Crippen molar-refractivity contribution in [1.82, 2.24) is 10.2 Å². The molecule has 2 aliphatic heterocycles. The molecule has 5 unspecified atom stereocenters. The molecular weight excluding hydrogens is 471 g/mol. The van der Waals surface area contributed by atoms with Crippen molar-refractivity contribution >= 4 is 37.1 Å². The zero-order chi connectivity index (χ0) is 23.5. The Morgan fingerprint density at radius 3 is 2.55 bits per heavy atom. The number of aliphatic hydroxyl groups excluding tert-OH is 2. The van der Waals surface area contributed by atoms with Gasteiger partial charge in [-0.25, -0.2) is 4.57 Å². The van der Waals surface area contributed by atoms with Gasteiger partial charge in [0, 0.05) is 6.54 Å². The van der Waals surface area contributed by atoms with Crippen LogP contribution in [-0.4, -0.2) is 98.0 Å². The molecule has 0 aliphatic carbocycles. The fourth-order valence-corrected chi connectivity index (χ4v) is 5.93. The molecular formula is C18H34ClN2O8PS. The molecule has 0 bridgehead atoms. The number of rotatable bonds is 9. The second-order valence-corrected chi connectivity index (χ2v) is 11.1. The maximum atomic E-state index is 13.0. The molecule has 1 amide bonds. The van der Waals surface area contributed by atoms with E-state index in [0.29, 0.717) is 5.92 Å². The van der Waals surface area contributed by atoms with Gasteiger partial charge in [-0.05, 0) is 39.0 Å². The highest BCUT2D eigenvalue weighted by Crippen LogP contribution is 2.43. The summed E-state index contributed by atoms with van der Waals surface area (Å²) in [5, 5.41) is 23.4. The number of carbonyl (C=O) groups is 1. The SMILES string of the molecule is CCCC1CC(C(=O)N[C@H]([C@H](C)Cl)[C@H]2OC(SC)C(OP(=O)(O)O)[C@@H](O)C2O)N(C)C1. The molecule has 2 fully saturated rings. The Balaban J connectivity index is 2.15. The molecule has 2 heterocycles. The van der Waals surface area contributed by atoms with Gasteiger partial charge in [0.05, 0.1) is 17.5 Å². The van der Waals surface area contributed by atoms with Gasteiger partial charge in [0.1, 0.15) is 29.9 Å². The van der Waals surface area contributed by atoms with Gasteiger partial charge in [-0.3, -0.25) is 14.2 Å². The van der Waals surface area contributed by atoms with E-state index in [1.54, 1.807) is 13.2 Å². The Bertz CT molecular complexity index is 654. The summed E-state index contributed by atoms with van der Waals surface area (Å²) in [7, 11) is -3.04. The highest BCUT2D eigenvalue weighted by Gasteiger charge is 2.51. The van der Waals surface area contributed by atoms with E-state index in [0.717, 1.165) is 37.6 Å². The molecule has 0 aromatic heterocycles. The number of phosphoric acid groups is 1. The summed E-state index contributed by atoms with van der Waals surface area (Å²) >= 11 is 7.38. The molecule has 2 rings (SSSR count). The number of likely N-dealkylation sites (N-methyl/N-ethyl adjacent to an activating group) is 1. The molecule has 5 N–H and O–H groups in total. The van der Waals surface area contributed by atoms with Crippen LogP contribution in [-0.2, 0) is 18.6 Å². The summed E-state index contributed by atoms with van der Waals surface area (Å²) in [5.74, 6) is 0.195. The van der Waals surface area contributed by atoms with Crippen LogP contribution in [0.15, 0.2) is 0 Å². The lowest BCUT2D eigenvalue weighted by molar-refractivity contribution is -0.201. The lowest BCUT2D eigenvalue weighted by Gasteiger charge is -2.45. The lowest BCUT2D eigenvalue weighted by Crippen LogP contribution is -2.65. The largest absolute Gasteiger partial charge is 0.470 e. The zero-order valence-corrected chi connectivity index (χ0v) is 20.6. The first-order valence-electron chi connectivity index (χ1n) is 10.3. The van der Waals surface area contributed by atoms with E-state index >= 15 is 0 Å². The second kappa shape index (κ2) is 11.5. The summed E-state index contributed by atoms with van der Waals surface area (Å²) in [6.45, 7) is 4.57. The van der Waals surface area contributed by atoms with E-state index in [2.05, 4.69) is 16.8 Å². The van der Waals surface area contributed by atoms with Crippen LogP contribution in [0.25, 0.3) is 0 Å². The third kappa shape index (κ3) is 7.02. The predicted molar refractivity (Wildman–Crippen MR) is 118 cm³/mol. The van der Waals surface area contributed by atoms with Crippen molar-refractivity contribution in [2.75, 3.05) is 19.8 Å². The van der Waals surface area contributed by atoms with Crippen LogP contribution in [0.5, 0.6) is 0 Å². The van der Waals surface area contributed by atoms with Gasteiger partial charge < -0.3 is 30.1 Å². The van der Waals surface area contributed by atoms with Crippen molar-refractivity contribution in [3.05, 3.63) is 0 Å². The number of hydrogen-bond acceptors (Lipinski definition) is 8. The second-order valence-electron chi connectivity index (χ2n) is 8.30. The summed E-state index contributed by atoms with van der Waals surface area (Å²) in [6.07, 6.45) is -1.37. The molecule has 10 nitrogen and oxygen atoms in total. The van der Waals surface area contributed by atoms with E-state index in [4.69, 9.17) is 26.1 Å². The van der Waals surface area contributed by atoms with Crippen molar-refractivity contribution in [2.45, 2.75) is 80.4 Å². The average molecular weight is 505 g/mol. The molecule has 2 aliphatic rings. The third-order valence-corrected chi connectivity index (χ3v) is 7.50. The number of ether oxygens (including phenoxy) is 1. The van der Waals surface area contributed by atoms with Crippen LogP contribution in [0.1, 0.15) is 33.1 Å². The van der Waals surface area contributed by atoms with E-state index in [1.165, 1.54) is 0 Å². The molecule has 0 aromatic carbocycles. The predicted octanol–water partition coefficient (Wildman–Crippen LogP) is 0.507. The fourth-order valence-electron chi connectivity index (χ4n) is 4.37. The Hall–Kier alpha value is 0.0600. The monoisotopic (exact) mass is 504 g/mol. The first kappa shape index (κ1) is 27.3. The molecule has 0 aromatic rings. The third-order valence-electron chi connectivity index (χ3n) is 5.87. The van der Waals surface area contributed by atoms with E-state index in [9.17, 15) is 19.6 Å². The van der Waals surface area contributed by atoms with Gasteiger partial charge in [0.25, 0.3) is 0 Å². The van der Waals surface area contributed by atoms with Crippen molar-refractivity contribution in [2.24, 2.45) is 5.92 Å². The minimum absolute atomic E-state index is 0.238. The molecule has 13 heteroatoms. The molecule has 0 saturated carbocycles. The summed E-state index contributed by atoms with van der Waals surface area (Å²) in [4.78, 5) is 33.3. The quantitative estimate of drug-likeness (QED) is 0.222. The smallest absolute Gasteiger partial charge is 0.388 e. The van der Waals surface area contributed by atoms with Gasteiger partial charge in [0.2, 0.25) is 5.91 Å². The maximum Gasteiger partial charge on any atom is 0.470 e. The number of carbonyl (C=O) groups excluding carboxylic acids is 1. The summed E-state index contributed by atoms with van der Waals surface area (Å²) < 4.78 is 21.7. The van der Waals surface area contributed by atoms with Gasteiger partial charge in [-0.15, -0.1) is 23.4 Å². The van der Waals surface area contributed by atoms with Gasteiger partial charge in [-0.1, -0.05) is 13.3 Å². The highest BCUT2D eigenvalue weighted by atomic mass is 35.5. The van der Waals surface area contributed by atoms with E-state index < -0.39 is 49.1 Å². The topological polar surface area (TPSA) is 149 Å². The molecule has 9 atom stereocenters. The van der Waals surface area contributed by atoms with Crippen LogP contribution in [0.2, 0.25) is 0 Å². The number of likely N-dealkylation sites (tertiary alicyclic amines) is 1. The number of nitrogens with zero attached hydrogens (tertiary/aromatic N) is 1. The molecule has 0 spiro atoms. The Morgan fingerprint density at radius 2 is 2.03 bits per heavy atom. The normalized spacial score (nSPS) is 36.9. The van der Waals surface area contributed by atoms with Crippen LogP contribution >= 0.6 is 31.2 Å². The Morgan fingerprint density at radius 1 is 1.39 bits per heavy atom. The highest BCUT2D eigenvalue weighted by molar-refractivity contribution is 7.99. The average Bonchev–Trinajstić information content (AvgIpc) is 3.03. The van der Waals surface area contributed by atoms with Gasteiger partial charge in [0.15, 0.2) is 0 Å². The minimum atomic E-state index is -4.93. The molecule has 182 valence electrons.